The highest BCUT2D eigenvalue weighted by Gasteiger charge is 2.17. The molecule has 0 amide bonds. The second-order valence-corrected chi connectivity index (χ2v) is 3.80. The smallest absolute Gasteiger partial charge is 0.0866 e. The molecule has 0 aromatic heterocycles. The Morgan fingerprint density at radius 2 is 1.86 bits per heavy atom. The predicted octanol–water partition coefficient (Wildman–Crippen LogP) is -0.102. The lowest BCUT2D eigenvalue weighted by Gasteiger charge is -2.34. The minimum atomic E-state index is -0.197. The molecule has 1 rings (SSSR count). The van der Waals surface area contributed by atoms with E-state index in [2.05, 4.69) is 15.9 Å². The maximum Gasteiger partial charge on any atom is 0.0866 e. The average Bonchev–Trinajstić information content (AvgIpc) is 2.21. The number of nitrogens with zero attached hydrogens (tertiary/aromatic N) is 3. The van der Waals surface area contributed by atoms with Crippen molar-refractivity contribution in [1.82, 2.24) is 9.80 Å². The molecule has 0 spiro atoms. The molecule has 80 valence electrons. The summed E-state index contributed by atoms with van der Waals surface area (Å²) in [6, 6.07) is 2.16. The van der Waals surface area contributed by atoms with Gasteiger partial charge >= 0.3 is 0 Å². The molecule has 4 heteroatoms. The fourth-order valence-corrected chi connectivity index (χ4v) is 1.66. The lowest BCUT2D eigenvalue weighted by molar-refractivity contribution is 0.0750. The lowest BCUT2D eigenvalue weighted by Crippen LogP contribution is -2.48. The van der Waals surface area contributed by atoms with Crippen molar-refractivity contribution in [2.24, 2.45) is 0 Å². The molecule has 0 radical (unpaired) electrons. The predicted molar refractivity (Wildman–Crippen MR) is 54.8 cm³/mol. The molecule has 14 heavy (non-hydrogen) atoms. The summed E-state index contributed by atoms with van der Waals surface area (Å²) < 4.78 is 0. The highest BCUT2D eigenvalue weighted by Crippen LogP contribution is 2.03. The summed E-state index contributed by atoms with van der Waals surface area (Å²) in [5, 5.41) is 18.0. The zero-order valence-corrected chi connectivity index (χ0v) is 8.82. The van der Waals surface area contributed by atoms with Crippen LogP contribution < -0.4 is 0 Å². The van der Waals surface area contributed by atoms with Crippen molar-refractivity contribution in [1.29, 1.82) is 5.26 Å². The number of piperazine rings is 1. The summed E-state index contributed by atoms with van der Waals surface area (Å²) >= 11 is 0. The largest absolute Gasteiger partial charge is 0.392 e. The van der Waals surface area contributed by atoms with Gasteiger partial charge in [-0.3, -0.25) is 9.80 Å². The van der Waals surface area contributed by atoms with E-state index in [4.69, 9.17) is 5.26 Å². The van der Waals surface area contributed by atoms with Crippen molar-refractivity contribution in [3.05, 3.63) is 0 Å². The number of hydrogen-bond donors (Lipinski definition) is 1. The van der Waals surface area contributed by atoms with Crippen molar-refractivity contribution in [2.75, 3.05) is 39.3 Å². The van der Waals surface area contributed by atoms with E-state index in [0.29, 0.717) is 6.54 Å². The molecule has 0 saturated carbocycles. The first-order chi connectivity index (χ1) is 6.76. The van der Waals surface area contributed by atoms with E-state index in [-0.39, 0.29) is 6.10 Å². The maximum atomic E-state index is 9.47. The third kappa shape index (κ3) is 3.62. The summed E-state index contributed by atoms with van der Waals surface area (Å²) in [5.41, 5.74) is 0. The first-order valence-electron chi connectivity index (χ1n) is 5.26. The molecule has 1 aliphatic heterocycles. The molecule has 1 N–H and O–H groups in total. The van der Waals surface area contributed by atoms with Gasteiger partial charge in [0.25, 0.3) is 0 Å². The van der Waals surface area contributed by atoms with Crippen LogP contribution in [0.4, 0.5) is 0 Å². The summed E-state index contributed by atoms with van der Waals surface area (Å²) in [6.45, 7) is 7.14. The molecule has 1 heterocycles. The van der Waals surface area contributed by atoms with Gasteiger partial charge in [-0.15, -0.1) is 0 Å². The Morgan fingerprint density at radius 1 is 1.29 bits per heavy atom. The Labute approximate surface area is 85.7 Å². The minimum Gasteiger partial charge on any atom is -0.392 e. The molecule has 0 bridgehead atoms. The van der Waals surface area contributed by atoms with Crippen LogP contribution in [0.5, 0.6) is 0 Å². The van der Waals surface area contributed by atoms with Gasteiger partial charge in [-0.1, -0.05) is 6.92 Å². The molecule has 1 unspecified atom stereocenters. The van der Waals surface area contributed by atoms with E-state index < -0.39 is 0 Å². The molecule has 1 atom stereocenters. The Bertz CT molecular complexity index is 194. The first kappa shape index (κ1) is 11.4. The number of β-amino-alcohol motifs (C(OH)–C–C–N with tert-alkyl or cyclic N) is 1. The van der Waals surface area contributed by atoms with Crippen LogP contribution in [0.3, 0.4) is 0 Å². The zero-order chi connectivity index (χ0) is 10.4. The zero-order valence-electron chi connectivity index (χ0n) is 8.82. The monoisotopic (exact) mass is 197 g/mol. The Morgan fingerprint density at radius 3 is 2.36 bits per heavy atom. The first-order valence-corrected chi connectivity index (χ1v) is 5.26. The number of hydrogen-bond acceptors (Lipinski definition) is 4. The van der Waals surface area contributed by atoms with Crippen LogP contribution >= 0.6 is 0 Å². The normalized spacial score (nSPS) is 21.8. The maximum absolute atomic E-state index is 9.47. The van der Waals surface area contributed by atoms with Crippen LogP contribution in [-0.2, 0) is 0 Å². The van der Waals surface area contributed by atoms with Crippen LogP contribution in [0.2, 0.25) is 0 Å². The Hall–Kier alpha value is -0.630. The van der Waals surface area contributed by atoms with Gasteiger partial charge in [-0.2, -0.15) is 5.26 Å². The topological polar surface area (TPSA) is 50.5 Å². The molecule has 1 fully saturated rings. The molecule has 1 aliphatic rings. The van der Waals surface area contributed by atoms with Crippen LogP contribution in [0.15, 0.2) is 0 Å². The van der Waals surface area contributed by atoms with E-state index in [1.807, 2.05) is 6.92 Å². The van der Waals surface area contributed by atoms with E-state index in [0.717, 1.165) is 39.1 Å². The second kappa shape index (κ2) is 5.97. The van der Waals surface area contributed by atoms with Gasteiger partial charge in [-0.25, -0.2) is 0 Å². The lowest BCUT2D eigenvalue weighted by atomic mass is 10.2. The summed E-state index contributed by atoms with van der Waals surface area (Å²) in [4.78, 5) is 4.41. The standard InChI is InChI=1S/C10H19N3O/c1-2-10(14)9-13-7-5-12(4-3-11)6-8-13/h10,14H,2,4-9H2,1H3. The van der Waals surface area contributed by atoms with E-state index in [1.54, 1.807) is 0 Å². The van der Waals surface area contributed by atoms with Gasteiger partial charge in [-0.05, 0) is 6.42 Å². The Kier molecular flexibility index (Phi) is 4.88. The minimum absolute atomic E-state index is 0.197. The third-order valence-electron chi connectivity index (χ3n) is 2.70. The molecule has 0 aromatic carbocycles. The molecule has 0 aromatic rings. The van der Waals surface area contributed by atoms with E-state index in [1.165, 1.54) is 0 Å². The fraction of sp³-hybridized carbons (Fsp3) is 0.900. The van der Waals surface area contributed by atoms with Crippen molar-refractivity contribution in [2.45, 2.75) is 19.4 Å². The number of aliphatic hydroxyl groups is 1. The van der Waals surface area contributed by atoms with Crippen LogP contribution in [-0.4, -0.2) is 60.3 Å². The summed E-state index contributed by atoms with van der Waals surface area (Å²) in [7, 11) is 0. The number of aliphatic hydroxyl groups excluding tert-OH is 1. The van der Waals surface area contributed by atoms with E-state index >= 15 is 0 Å². The molecule has 0 aliphatic carbocycles. The molecule has 1 saturated heterocycles. The van der Waals surface area contributed by atoms with Crippen molar-refractivity contribution >= 4 is 0 Å². The van der Waals surface area contributed by atoms with Crippen molar-refractivity contribution in [3.63, 3.8) is 0 Å². The van der Waals surface area contributed by atoms with Crippen molar-refractivity contribution < 1.29 is 5.11 Å². The van der Waals surface area contributed by atoms with Crippen LogP contribution in [0.1, 0.15) is 13.3 Å². The van der Waals surface area contributed by atoms with Gasteiger partial charge in [0.1, 0.15) is 0 Å². The quantitative estimate of drug-likeness (QED) is 0.639. The highest BCUT2D eigenvalue weighted by atomic mass is 16.3. The summed E-state index contributed by atoms with van der Waals surface area (Å²) in [6.07, 6.45) is 0.621. The van der Waals surface area contributed by atoms with Gasteiger partial charge in [0.2, 0.25) is 0 Å². The fourth-order valence-electron chi connectivity index (χ4n) is 1.66. The molecular weight excluding hydrogens is 178 g/mol. The summed E-state index contributed by atoms with van der Waals surface area (Å²) in [5.74, 6) is 0. The molecular formula is C10H19N3O. The van der Waals surface area contributed by atoms with Gasteiger partial charge in [0.05, 0.1) is 18.7 Å². The van der Waals surface area contributed by atoms with Crippen LogP contribution in [0.25, 0.3) is 0 Å². The third-order valence-corrected chi connectivity index (χ3v) is 2.70. The highest BCUT2D eigenvalue weighted by molar-refractivity contribution is 4.81. The second-order valence-electron chi connectivity index (χ2n) is 3.80. The van der Waals surface area contributed by atoms with Gasteiger partial charge in [0, 0.05) is 32.7 Å². The molecule has 4 nitrogen and oxygen atoms in total. The van der Waals surface area contributed by atoms with Crippen LogP contribution in [0, 0.1) is 11.3 Å². The van der Waals surface area contributed by atoms with Gasteiger partial charge < -0.3 is 5.11 Å². The van der Waals surface area contributed by atoms with Gasteiger partial charge in [0.15, 0.2) is 0 Å². The SMILES string of the molecule is CCC(O)CN1CCN(CC#N)CC1. The number of rotatable bonds is 4. The Balaban J connectivity index is 2.19. The number of nitriles is 1. The average molecular weight is 197 g/mol. The van der Waals surface area contributed by atoms with E-state index in [9.17, 15) is 5.11 Å². The van der Waals surface area contributed by atoms with Crippen molar-refractivity contribution in [3.8, 4) is 6.07 Å².